The van der Waals surface area contributed by atoms with Crippen LogP contribution in [0, 0.1) is 0 Å². The lowest BCUT2D eigenvalue weighted by Gasteiger charge is -2.46. The zero-order chi connectivity index (χ0) is 19.2. The van der Waals surface area contributed by atoms with Gasteiger partial charge in [-0.3, -0.25) is 9.48 Å². The second kappa shape index (κ2) is 7.20. The lowest BCUT2D eigenvalue weighted by atomic mass is 9.78. The van der Waals surface area contributed by atoms with Crippen LogP contribution in [0.5, 0.6) is 0 Å². The summed E-state index contributed by atoms with van der Waals surface area (Å²) in [5.74, 6) is 0.0274. The predicted octanol–water partition coefficient (Wildman–Crippen LogP) is 2.97. The van der Waals surface area contributed by atoms with E-state index in [1.807, 2.05) is 12.4 Å². The molecule has 0 bridgehead atoms. The largest absolute Gasteiger partial charge is 0.369 e. The Labute approximate surface area is 168 Å². The molecule has 4 rings (SSSR count). The van der Waals surface area contributed by atoms with Crippen molar-refractivity contribution in [1.29, 1.82) is 0 Å². The van der Waals surface area contributed by atoms with Crippen LogP contribution in [0.2, 0.25) is 4.34 Å². The van der Waals surface area contributed by atoms with Crippen molar-refractivity contribution in [1.82, 2.24) is 20.0 Å². The molecule has 6 nitrogen and oxygen atoms in total. The van der Waals surface area contributed by atoms with E-state index in [0.29, 0.717) is 6.04 Å². The smallest absolute Gasteiger partial charge is 0.243 e. The molecule has 2 aromatic heterocycles. The summed E-state index contributed by atoms with van der Waals surface area (Å²) >= 11 is 7.97. The maximum absolute atomic E-state index is 11.9. The number of hydrogen-bond acceptors (Lipinski definition) is 5. The van der Waals surface area contributed by atoms with Gasteiger partial charge in [0.05, 0.1) is 17.1 Å². The van der Waals surface area contributed by atoms with Crippen molar-refractivity contribution < 1.29 is 9.53 Å². The van der Waals surface area contributed by atoms with Crippen LogP contribution in [-0.2, 0) is 28.1 Å². The highest BCUT2D eigenvalue weighted by atomic mass is 35.5. The fourth-order valence-corrected chi connectivity index (χ4v) is 5.66. The zero-order valence-electron chi connectivity index (χ0n) is 15.9. The minimum Gasteiger partial charge on any atom is -0.369 e. The molecule has 8 heteroatoms. The summed E-state index contributed by atoms with van der Waals surface area (Å²) in [6, 6.07) is 2.53. The number of fused-ring (bicyclic) bond motifs is 2. The van der Waals surface area contributed by atoms with Crippen molar-refractivity contribution >= 4 is 28.8 Å². The first kappa shape index (κ1) is 18.9. The number of ether oxygens (including phenoxy) is 1. The van der Waals surface area contributed by atoms with Crippen molar-refractivity contribution in [2.24, 2.45) is 0 Å². The first-order chi connectivity index (χ1) is 12.9. The molecule has 2 aliphatic rings. The van der Waals surface area contributed by atoms with E-state index >= 15 is 0 Å². The molecule has 1 saturated heterocycles. The zero-order valence-corrected chi connectivity index (χ0v) is 17.4. The van der Waals surface area contributed by atoms with Crippen LogP contribution in [0.15, 0.2) is 18.5 Å². The van der Waals surface area contributed by atoms with Crippen LogP contribution in [0.1, 0.15) is 41.8 Å². The molecule has 0 unspecified atom stereocenters. The fraction of sp³-hybridized carbons (Fsp3) is 0.579. The number of thiophene rings is 1. The van der Waals surface area contributed by atoms with E-state index in [2.05, 4.69) is 23.4 Å². The number of carbonyl (C=O) groups is 1. The number of likely N-dealkylation sites (N-methyl/N-ethyl adjacent to an activating group) is 1. The maximum Gasteiger partial charge on any atom is 0.243 e. The standard InChI is InChI=1S/C19H25ClN4O2S/c1-12-7-19(18-13(4-5-26-19)6-16(20)27-18)8-15(22-12)14-9-21-24(10-14)11-17(25)23(2)3/h6,9-10,12,15,22H,4-5,7-8,11H2,1-3H3/t12-,15-,19-/m0/s1. The molecule has 2 aromatic rings. The van der Waals surface area contributed by atoms with Crippen molar-refractivity contribution in [2.75, 3.05) is 20.7 Å². The number of aromatic nitrogens is 2. The summed E-state index contributed by atoms with van der Waals surface area (Å²) in [5.41, 5.74) is 2.13. The van der Waals surface area contributed by atoms with Gasteiger partial charge in [-0.05, 0) is 31.4 Å². The molecule has 146 valence electrons. The maximum atomic E-state index is 11.9. The van der Waals surface area contributed by atoms with Crippen LogP contribution < -0.4 is 5.32 Å². The molecular formula is C19H25ClN4O2S. The summed E-state index contributed by atoms with van der Waals surface area (Å²) in [4.78, 5) is 14.8. The number of hydrogen-bond donors (Lipinski definition) is 1. The minimum atomic E-state index is -0.289. The Bertz CT molecular complexity index is 849. The van der Waals surface area contributed by atoms with E-state index in [4.69, 9.17) is 16.3 Å². The number of carbonyl (C=O) groups excluding carboxylic acids is 1. The van der Waals surface area contributed by atoms with Crippen molar-refractivity contribution in [3.05, 3.63) is 38.8 Å². The van der Waals surface area contributed by atoms with Gasteiger partial charge in [-0.1, -0.05) is 11.6 Å². The van der Waals surface area contributed by atoms with Gasteiger partial charge in [0.15, 0.2) is 0 Å². The van der Waals surface area contributed by atoms with E-state index in [-0.39, 0.29) is 24.1 Å². The average Bonchev–Trinajstić information content (AvgIpc) is 3.21. The van der Waals surface area contributed by atoms with Crippen LogP contribution in [0.4, 0.5) is 0 Å². The van der Waals surface area contributed by atoms with Crippen molar-refractivity contribution in [3.8, 4) is 0 Å². The van der Waals surface area contributed by atoms with E-state index in [9.17, 15) is 4.79 Å². The third-order valence-corrected chi connectivity index (χ3v) is 6.94. The number of nitrogens with one attached hydrogen (secondary N) is 1. The molecule has 4 heterocycles. The Kier molecular flexibility index (Phi) is 5.05. The molecule has 1 N–H and O–H groups in total. The normalized spacial score (nSPS) is 27.6. The number of rotatable bonds is 3. The predicted molar refractivity (Wildman–Crippen MR) is 106 cm³/mol. The minimum absolute atomic E-state index is 0.0274. The van der Waals surface area contributed by atoms with Gasteiger partial charge < -0.3 is 15.0 Å². The van der Waals surface area contributed by atoms with Crippen LogP contribution in [-0.4, -0.2) is 47.3 Å². The number of piperidine rings is 1. The Morgan fingerprint density at radius 1 is 1.52 bits per heavy atom. The van der Waals surface area contributed by atoms with E-state index in [1.165, 1.54) is 10.4 Å². The molecular weight excluding hydrogens is 384 g/mol. The lowest BCUT2D eigenvalue weighted by Crippen LogP contribution is -2.49. The second-order valence-electron chi connectivity index (χ2n) is 7.79. The molecule has 1 spiro atoms. The van der Waals surface area contributed by atoms with Gasteiger partial charge in [-0.15, -0.1) is 11.3 Å². The summed E-state index contributed by atoms with van der Waals surface area (Å²) < 4.78 is 8.94. The average molecular weight is 409 g/mol. The second-order valence-corrected chi connectivity index (χ2v) is 9.47. The van der Waals surface area contributed by atoms with Gasteiger partial charge in [-0.2, -0.15) is 5.10 Å². The van der Waals surface area contributed by atoms with Gasteiger partial charge in [0.25, 0.3) is 0 Å². The SMILES string of the molecule is C[C@H]1C[C@@]2(C[C@@H](c3cnn(CC(=O)N(C)C)c3)N1)OCCc1cc(Cl)sc12. The highest BCUT2D eigenvalue weighted by molar-refractivity contribution is 7.16. The number of halogens is 1. The van der Waals surface area contributed by atoms with E-state index in [0.717, 1.165) is 35.8 Å². The van der Waals surface area contributed by atoms with Gasteiger partial charge in [0.2, 0.25) is 5.91 Å². The third kappa shape index (κ3) is 3.66. The summed E-state index contributed by atoms with van der Waals surface area (Å²) in [5, 5.41) is 8.06. The molecule has 27 heavy (non-hydrogen) atoms. The first-order valence-corrected chi connectivity index (χ1v) is 10.5. The van der Waals surface area contributed by atoms with Crippen LogP contribution >= 0.6 is 22.9 Å². The summed E-state index contributed by atoms with van der Waals surface area (Å²) in [7, 11) is 3.51. The highest BCUT2D eigenvalue weighted by Crippen LogP contribution is 2.49. The Hall–Kier alpha value is -1.41. The Balaban J connectivity index is 1.59. The number of nitrogens with zero attached hydrogens (tertiary/aromatic N) is 3. The molecule has 0 aromatic carbocycles. The van der Waals surface area contributed by atoms with Crippen molar-refractivity contribution in [3.63, 3.8) is 0 Å². The molecule has 1 amide bonds. The molecule has 1 fully saturated rings. The molecule has 2 aliphatic heterocycles. The molecule has 0 saturated carbocycles. The summed E-state index contributed by atoms with van der Waals surface area (Å²) in [6.07, 6.45) is 6.53. The lowest BCUT2D eigenvalue weighted by molar-refractivity contribution is -0.129. The Morgan fingerprint density at radius 2 is 2.33 bits per heavy atom. The fourth-order valence-electron chi connectivity index (χ4n) is 4.20. The molecule has 0 aliphatic carbocycles. The summed E-state index contributed by atoms with van der Waals surface area (Å²) in [6.45, 7) is 3.18. The molecule has 3 atom stereocenters. The van der Waals surface area contributed by atoms with Crippen LogP contribution in [0.3, 0.4) is 0 Å². The van der Waals surface area contributed by atoms with E-state index in [1.54, 1.807) is 35.0 Å². The third-order valence-electron chi connectivity index (χ3n) is 5.45. The topological polar surface area (TPSA) is 59.4 Å². The number of amides is 1. The van der Waals surface area contributed by atoms with E-state index < -0.39 is 0 Å². The highest BCUT2D eigenvalue weighted by Gasteiger charge is 2.46. The monoisotopic (exact) mass is 408 g/mol. The van der Waals surface area contributed by atoms with Gasteiger partial charge in [0.1, 0.15) is 12.1 Å². The molecule has 0 radical (unpaired) electrons. The van der Waals surface area contributed by atoms with Gasteiger partial charge >= 0.3 is 0 Å². The van der Waals surface area contributed by atoms with Crippen LogP contribution in [0.25, 0.3) is 0 Å². The van der Waals surface area contributed by atoms with Crippen molar-refractivity contribution in [2.45, 2.75) is 50.4 Å². The Morgan fingerprint density at radius 3 is 3.11 bits per heavy atom. The van der Waals surface area contributed by atoms with Gasteiger partial charge in [0, 0.05) is 49.2 Å². The first-order valence-electron chi connectivity index (χ1n) is 9.27. The quantitative estimate of drug-likeness (QED) is 0.848. The van der Waals surface area contributed by atoms with Gasteiger partial charge in [-0.25, -0.2) is 0 Å².